The molecule has 0 aliphatic carbocycles. The highest BCUT2D eigenvalue weighted by Crippen LogP contribution is 2.39. The second kappa shape index (κ2) is 14.6. The number of hydrogen-bond acceptors (Lipinski definition) is 0. The molecule has 1 N–H and O–H groups in total. The van der Waals surface area contributed by atoms with Crippen LogP contribution in [0, 0.1) is 0 Å². The summed E-state index contributed by atoms with van der Waals surface area (Å²) in [6.45, 7) is 9.25. The Kier molecular flexibility index (Phi) is 9.05. The lowest BCUT2D eigenvalue weighted by atomic mass is 9.99. The highest BCUT2D eigenvalue weighted by molar-refractivity contribution is 6.13. The first-order chi connectivity index (χ1) is 27.7. The van der Waals surface area contributed by atoms with Crippen molar-refractivity contribution in [3.8, 4) is 33.6 Å². The van der Waals surface area contributed by atoms with Gasteiger partial charge in [0.25, 0.3) is 0 Å². The van der Waals surface area contributed by atoms with Crippen molar-refractivity contribution >= 4 is 65.4 Å². The first kappa shape index (κ1) is 34.7. The second-order valence-corrected chi connectivity index (χ2v) is 13.9. The summed E-state index contributed by atoms with van der Waals surface area (Å²) in [5, 5.41) is 7.53. The summed E-state index contributed by atoms with van der Waals surface area (Å²) in [7, 11) is 0. The SMILES string of the molecule is C=CC.CC.c1ccc(-n2c3ccccc3c3cc(-c4ccc5[nH]c6cc(-c7ccc8c9ccccc9n(-c9ccccc9)c8c7)ccc6c5c4)ccc32)cc1. The average molecular weight is 722 g/mol. The third kappa shape index (κ3) is 5.77. The number of aromatic amines is 1. The number of rotatable bonds is 4. The lowest BCUT2D eigenvalue weighted by Crippen LogP contribution is -1.93. The summed E-state index contributed by atoms with van der Waals surface area (Å²) in [6.07, 6.45) is 1.75. The van der Waals surface area contributed by atoms with Crippen LogP contribution in [0.3, 0.4) is 0 Å². The van der Waals surface area contributed by atoms with Crippen LogP contribution in [-0.4, -0.2) is 14.1 Å². The summed E-state index contributed by atoms with van der Waals surface area (Å²) in [5.41, 5.74) is 14.3. The van der Waals surface area contributed by atoms with Crippen molar-refractivity contribution in [2.45, 2.75) is 20.8 Å². The van der Waals surface area contributed by atoms with Crippen LogP contribution in [0.25, 0.3) is 99.0 Å². The molecule has 0 aliphatic rings. The molecule has 0 radical (unpaired) electrons. The van der Waals surface area contributed by atoms with E-state index in [2.05, 4.69) is 203 Å². The number of hydrogen-bond donors (Lipinski definition) is 1. The maximum atomic E-state index is 3.73. The van der Waals surface area contributed by atoms with E-state index in [4.69, 9.17) is 0 Å². The van der Waals surface area contributed by atoms with E-state index in [0.717, 1.165) is 11.0 Å². The van der Waals surface area contributed by atoms with E-state index in [1.807, 2.05) is 20.8 Å². The van der Waals surface area contributed by atoms with Gasteiger partial charge in [0, 0.05) is 54.7 Å². The minimum Gasteiger partial charge on any atom is -0.354 e. The molecule has 8 aromatic carbocycles. The predicted molar refractivity (Wildman–Crippen MR) is 243 cm³/mol. The van der Waals surface area contributed by atoms with E-state index in [-0.39, 0.29) is 0 Å². The van der Waals surface area contributed by atoms with E-state index >= 15 is 0 Å². The Balaban J connectivity index is 0.000000784. The van der Waals surface area contributed by atoms with Crippen LogP contribution in [-0.2, 0) is 0 Å². The number of nitrogens with zero attached hydrogens (tertiary/aromatic N) is 2. The van der Waals surface area contributed by atoms with Crippen molar-refractivity contribution in [3.63, 3.8) is 0 Å². The van der Waals surface area contributed by atoms with Gasteiger partial charge in [-0.25, -0.2) is 0 Å². The number of nitrogens with one attached hydrogen (secondary N) is 1. The molecule has 270 valence electrons. The number of aromatic nitrogens is 3. The van der Waals surface area contributed by atoms with Crippen LogP contribution in [0.2, 0.25) is 0 Å². The van der Waals surface area contributed by atoms with Gasteiger partial charge in [-0.3, -0.25) is 0 Å². The van der Waals surface area contributed by atoms with Crippen molar-refractivity contribution in [2.24, 2.45) is 0 Å². The van der Waals surface area contributed by atoms with Crippen LogP contribution < -0.4 is 0 Å². The minimum atomic E-state index is 1.14. The van der Waals surface area contributed by atoms with E-state index in [9.17, 15) is 0 Å². The van der Waals surface area contributed by atoms with Gasteiger partial charge >= 0.3 is 0 Å². The van der Waals surface area contributed by atoms with Crippen LogP contribution in [0.1, 0.15) is 20.8 Å². The van der Waals surface area contributed by atoms with E-state index < -0.39 is 0 Å². The summed E-state index contributed by atoms with van der Waals surface area (Å²) in [6, 6.07) is 66.2. The van der Waals surface area contributed by atoms with Gasteiger partial charge in [0.05, 0.1) is 22.1 Å². The van der Waals surface area contributed by atoms with Crippen molar-refractivity contribution in [3.05, 3.63) is 195 Å². The number of allylic oxidation sites excluding steroid dienone is 1. The van der Waals surface area contributed by atoms with Crippen LogP contribution >= 0.6 is 0 Å². The highest BCUT2D eigenvalue weighted by atomic mass is 15.0. The molecule has 0 unspecified atom stereocenters. The Morgan fingerprint density at radius 3 is 1.45 bits per heavy atom. The molecule has 0 aliphatic heterocycles. The van der Waals surface area contributed by atoms with Crippen molar-refractivity contribution in [1.82, 2.24) is 14.1 Å². The maximum absolute atomic E-state index is 3.73. The quantitative estimate of drug-likeness (QED) is 0.175. The van der Waals surface area contributed by atoms with Gasteiger partial charge in [0.1, 0.15) is 0 Å². The van der Waals surface area contributed by atoms with Gasteiger partial charge in [0.2, 0.25) is 0 Å². The number of benzene rings is 8. The summed E-state index contributed by atoms with van der Waals surface area (Å²) in [5.74, 6) is 0. The van der Waals surface area contributed by atoms with E-state index in [1.165, 1.54) is 88.0 Å². The Bertz CT molecular complexity index is 3180. The molecular weight excluding hydrogens is 679 g/mol. The van der Waals surface area contributed by atoms with Gasteiger partial charge in [0.15, 0.2) is 0 Å². The van der Waals surface area contributed by atoms with Gasteiger partial charge < -0.3 is 14.1 Å². The molecular formula is C53H43N3. The molecule has 3 heterocycles. The molecule has 3 heteroatoms. The molecule has 0 atom stereocenters. The lowest BCUT2D eigenvalue weighted by Gasteiger charge is -2.09. The molecule has 56 heavy (non-hydrogen) atoms. The van der Waals surface area contributed by atoms with Gasteiger partial charge in [-0.05, 0) is 102 Å². The first-order valence-corrected chi connectivity index (χ1v) is 19.5. The monoisotopic (exact) mass is 721 g/mol. The molecule has 3 aromatic heterocycles. The van der Waals surface area contributed by atoms with Crippen LogP contribution in [0.15, 0.2) is 195 Å². The van der Waals surface area contributed by atoms with Gasteiger partial charge in [-0.1, -0.05) is 129 Å². The fourth-order valence-corrected chi connectivity index (χ4v) is 8.28. The minimum absolute atomic E-state index is 1.14. The first-order valence-electron chi connectivity index (χ1n) is 19.5. The zero-order chi connectivity index (χ0) is 38.2. The molecule has 0 fully saturated rings. The molecule has 0 saturated heterocycles. The summed E-state index contributed by atoms with van der Waals surface area (Å²) >= 11 is 0. The zero-order valence-electron chi connectivity index (χ0n) is 32.0. The van der Waals surface area contributed by atoms with E-state index in [1.54, 1.807) is 6.08 Å². The Hall–Kier alpha value is -7.10. The Labute approximate surface area is 327 Å². The maximum Gasteiger partial charge on any atom is 0.0547 e. The van der Waals surface area contributed by atoms with Crippen molar-refractivity contribution in [2.75, 3.05) is 0 Å². The number of para-hydroxylation sites is 4. The zero-order valence-corrected chi connectivity index (χ0v) is 32.0. The largest absolute Gasteiger partial charge is 0.354 e. The number of H-pyrrole nitrogens is 1. The smallest absolute Gasteiger partial charge is 0.0547 e. The topological polar surface area (TPSA) is 25.6 Å². The van der Waals surface area contributed by atoms with Crippen molar-refractivity contribution in [1.29, 1.82) is 0 Å². The Morgan fingerprint density at radius 1 is 0.375 bits per heavy atom. The molecule has 0 amide bonds. The van der Waals surface area contributed by atoms with Crippen LogP contribution in [0.5, 0.6) is 0 Å². The Morgan fingerprint density at radius 2 is 0.804 bits per heavy atom. The third-order valence-electron chi connectivity index (χ3n) is 10.6. The third-order valence-corrected chi connectivity index (χ3v) is 10.6. The van der Waals surface area contributed by atoms with Crippen LogP contribution in [0.4, 0.5) is 0 Å². The standard InChI is InChI=1S/C48H31N3.C3H6.C2H6/c1-3-11-35(12-4-1)50-46-18-10-8-16-39(46)42-28-32(22-26-47(42)50)31-21-25-43-41(27-31)37-23-19-33(29-44(37)49-43)34-20-24-40-38-15-7-9-17-45(38)51(48(40)30-34)36-13-5-2-6-14-36;1-3-2;1-2/h1-30,49H;3H,1H2,2H3;1-2H3. The number of fused-ring (bicyclic) bond motifs is 9. The van der Waals surface area contributed by atoms with E-state index in [0.29, 0.717) is 0 Å². The highest BCUT2D eigenvalue weighted by Gasteiger charge is 2.16. The van der Waals surface area contributed by atoms with Crippen molar-refractivity contribution < 1.29 is 0 Å². The fourth-order valence-electron chi connectivity index (χ4n) is 8.28. The molecule has 3 nitrogen and oxygen atoms in total. The summed E-state index contributed by atoms with van der Waals surface area (Å²) < 4.78 is 4.75. The molecule has 0 saturated carbocycles. The lowest BCUT2D eigenvalue weighted by molar-refractivity contribution is 1.18. The second-order valence-electron chi connectivity index (χ2n) is 13.9. The van der Waals surface area contributed by atoms with Gasteiger partial charge in [-0.15, -0.1) is 6.58 Å². The molecule has 0 bridgehead atoms. The fraction of sp³-hybridized carbons (Fsp3) is 0.0566. The molecule has 11 rings (SSSR count). The van der Waals surface area contributed by atoms with Gasteiger partial charge in [-0.2, -0.15) is 0 Å². The normalized spacial score (nSPS) is 11.2. The molecule has 0 spiro atoms. The average Bonchev–Trinajstić information content (AvgIpc) is 3.92. The predicted octanol–water partition coefficient (Wildman–Crippen LogP) is 15.1. The summed E-state index contributed by atoms with van der Waals surface area (Å²) in [4.78, 5) is 3.73. The molecule has 11 aromatic rings.